The average molecular weight is 686 g/mol. The highest BCUT2D eigenvalue weighted by molar-refractivity contribution is 5.86. The molecule has 2 heterocycles. The van der Waals surface area contributed by atoms with Crippen molar-refractivity contribution in [1.82, 2.24) is 25.9 Å². The van der Waals surface area contributed by atoms with Crippen molar-refractivity contribution < 1.29 is 33.4 Å². The van der Waals surface area contributed by atoms with E-state index in [1.54, 1.807) is 38.4 Å². The Morgan fingerprint density at radius 3 is 2.00 bits per heavy atom. The second kappa shape index (κ2) is 19.1. The van der Waals surface area contributed by atoms with E-state index in [4.69, 9.17) is 13.9 Å². The van der Waals surface area contributed by atoms with Crippen LogP contribution in [0.4, 0.5) is 9.59 Å². The van der Waals surface area contributed by atoms with Crippen LogP contribution in [0.5, 0.6) is 0 Å². The second-order valence-electron chi connectivity index (χ2n) is 12.9. The van der Waals surface area contributed by atoms with Crippen molar-refractivity contribution in [2.24, 2.45) is 5.92 Å². The van der Waals surface area contributed by atoms with E-state index in [9.17, 15) is 19.5 Å². The van der Waals surface area contributed by atoms with Crippen LogP contribution in [0.2, 0.25) is 0 Å². The first kappa shape index (κ1) is 37.6. The van der Waals surface area contributed by atoms with Gasteiger partial charge in [0, 0.05) is 29.9 Å². The van der Waals surface area contributed by atoms with Crippen molar-refractivity contribution >= 4 is 18.1 Å². The first-order chi connectivity index (χ1) is 24.1. The van der Waals surface area contributed by atoms with Gasteiger partial charge in [-0.3, -0.25) is 9.78 Å². The first-order valence-corrected chi connectivity index (χ1v) is 16.8. The van der Waals surface area contributed by atoms with Crippen molar-refractivity contribution in [3.05, 3.63) is 120 Å². The number of hydrogen-bond donors (Lipinski definition) is 4. The van der Waals surface area contributed by atoms with Gasteiger partial charge in [-0.1, -0.05) is 94.4 Å². The predicted octanol–water partition coefficient (Wildman–Crippen LogP) is 5.46. The van der Waals surface area contributed by atoms with Gasteiger partial charge in [-0.25, -0.2) is 14.6 Å². The number of nitrogens with one attached hydrogen (secondary N) is 3. The molecule has 50 heavy (non-hydrogen) atoms. The summed E-state index contributed by atoms with van der Waals surface area (Å²) >= 11 is 0. The summed E-state index contributed by atoms with van der Waals surface area (Å²) in [7, 11) is 0. The fraction of sp³-hybridized carbons (Fsp3) is 0.395. The van der Waals surface area contributed by atoms with E-state index in [1.165, 1.54) is 6.26 Å². The van der Waals surface area contributed by atoms with Gasteiger partial charge in [0.2, 0.25) is 5.91 Å². The highest BCUT2D eigenvalue weighted by atomic mass is 16.6. The number of aliphatic hydroxyl groups excluding tert-OH is 1. The zero-order valence-corrected chi connectivity index (χ0v) is 29.0. The fourth-order valence-electron chi connectivity index (χ4n) is 5.31. The lowest BCUT2D eigenvalue weighted by atomic mass is 9.93. The maximum Gasteiger partial charge on any atom is 0.408 e. The van der Waals surface area contributed by atoms with E-state index in [-0.39, 0.29) is 31.5 Å². The van der Waals surface area contributed by atoms with Crippen LogP contribution in [0.1, 0.15) is 68.3 Å². The first-order valence-electron chi connectivity index (χ1n) is 16.8. The molecule has 0 radical (unpaired) electrons. The zero-order chi connectivity index (χ0) is 35.9. The summed E-state index contributed by atoms with van der Waals surface area (Å²) < 4.78 is 16.2. The summed E-state index contributed by atoms with van der Waals surface area (Å²) in [6.45, 7) is 7.40. The van der Waals surface area contributed by atoms with Gasteiger partial charge in [-0.15, -0.1) is 0 Å². The third-order valence-corrected chi connectivity index (χ3v) is 7.99. The van der Waals surface area contributed by atoms with Crippen LogP contribution in [-0.2, 0) is 40.3 Å². The summed E-state index contributed by atoms with van der Waals surface area (Å²) in [6.07, 6.45) is 3.00. The van der Waals surface area contributed by atoms with E-state index < -0.39 is 42.3 Å². The molecule has 4 aromatic rings. The SMILES string of the molecule is CC(C)c1nc(COC(=O)N[C@H](C(=O)N[C@@H](Cc2ccccc2)[C@@H](O)C[C@H](Cc2ccccc2)NC(=O)OCc2cccnc2)C(C)C)co1. The molecule has 0 saturated carbocycles. The molecule has 0 aliphatic heterocycles. The molecule has 266 valence electrons. The van der Waals surface area contributed by atoms with Gasteiger partial charge in [0.15, 0.2) is 5.89 Å². The lowest BCUT2D eigenvalue weighted by Gasteiger charge is -2.30. The number of alkyl carbamates (subject to hydrolysis) is 2. The highest BCUT2D eigenvalue weighted by Crippen LogP contribution is 2.17. The smallest absolute Gasteiger partial charge is 0.408 e. The van der Waals surface area contributed by atoms with Crippen molar-refractivity contribution in [3.8, 4) is 0 Å². The Hall–Kier alpha value is -5.23. The molecule has 0 fully saturated rings. The number of pyridine rings is 1. The number of carbonyl (C=O) groups is 3. The van der Waals surface area contributed by atoms with Crippen LogP contribution < -0.4 is 16.0 Å². The number of benzene rings is 2. The van der Waals surface area contributed by atoms with E-state index in [0.717, 1.165) is 16.7 Å². The summed E-state index contributed by atoms with van der Waals surface area (Å²) in [5.74, 6) is -0.168. The van der Waals surface area contributed by atoms with Gasteiger partial charge >= 0.3 is 12.2 Å². The molecule has 2 aromatic heterocycles. The number of ether oxygens (including phenoxy) is 2. The van der Waals surface area contributed by atoms with Gasteiger partial charge in [0.1, 0.15) is 31.2 Å². The minimum atomic E-state index is -1.09. The van der Waals surface area contributed by atoms with Gasteiger partial charge in [-0.05, 0) is 42.4 Å². The van der Waals surface area contributed by atoms with Crippen LogP contribution in [0.3, 0.4) is 0 Å². The second-order valence-corrected chi connectivity index (χ2v) is 12.9. The molecule has 0 aliphatic rings. The molecule has 4 atom stereocenters. The number of aromatic nitrogens is 2. The predicted molar refractivity (Wildman–Crippen MR) is 187 cm³/mol. The molecule has 0 spiro atoms. The average Bonchev–Trinajstić information content (AvgIpc) is 3.59. The minimum Gasteiger partial charge on any atom is -0.448 e. The largest absolute Gasteiger partial charge is 0.448 e. The van der Waals surface area contributed by atoms with E-state index in [0.29, 0.717) is 24.4 Å². The molecule has 0 aliphatic carbocycles. The molecule has 2 aromatic carbocycles. The van der Waals surface area contributed by atoms with Gasteiger partial charge < -0.3 is 34.9 Å². The summed E-state index contributed by atoms with van der Waals surface area (Å²) in [5, 5.41) is 20.2. The van der Waals surface area contributed by atoms with Crippen LogP contribution in [0.15, 0.2) is 95.9 Å². The summed E-state index contributed by atoms with van der Waals surface area (Å²) in [4.78, 5) is 47.8. The normalized spacial score (nSPS) is 13.6. The van der Waals surface area contributed by atoms with Crippen LogP contribution in [0, 0.1) is 5.92 Å². The Balaban J connectivity index is 1.45. The van der Waals surface area contributed by atoms with Crippen molar-refractivity contribution in [2.75, 3.05) is 0 Å². The number of amides is 3. The number of carbonyl (C=O) groups excluding carboxylic acids is 3. The molecule has 12 nitrogen and oxygen atoms in total. The van der Waals surface area contributed by atoms with Crippen molar-refractivity contribution in [1.29, 1.82) is 0 Å². The lowest BCUT2D eigenvalue weighted by Crippen LogP contribution is -2.56. The molecule has 12 heteroatoms. The molecular weight excluding hydrogens is 638 g/mol. The van der Waals surface area contributed by atoms with E-state index >= 15 is 0 Å². The minimum absolute atomic E-state index is 0.0383. The van der Waals surface area contributed by atoms with Gasteiger partial charge in [-0.2, -0.15) is 0 Å². The number of oxazole rings is 1. The van der Waals surface area contributed by atoms with E-state index in [1.807, 2.05) is 74.5 Å². The molecule has 3 amide bonds. The molecular formula is C38H47N5O7. The van der Waals surface area contributed by atoms with Gasteiger partial charge in [0.05, 0.1) is 12.1 Å². The number of nitrogens with zero attached hydrogens (tertiary/aromatic N) is 2. The molecule has 0 bridgehead atoms. The number of aliphatic hydroxyl groups is 1. The monoisotopic (exact) mass is 685 g/mol. The highest BCUT2D eigenvalue weighted by Gasteiger charge is 2.31. The maximum absolute atomic E-state index is 13.7. The van der Waals surface area contributed by atoms with Crippen LogP contribution >= 0.6 is 0 Å². The molecule has 4 N–H and O–H groups in total. The fourth-order valence-corrected chi connectivity index (χ4v) is 5.31. The molecule has 0 saturated heterocycles. The third kappa shape index (κ3) is 12.3. The van der Waals surface area contributed by atoms with Gasteiger partial charge in [0.25, 0.3) is 0 Å². The molecule has 4 rings (SSSR count). The molecule has 0 unspecified atom stereocenters. The maximum atomic E-state index is 13.7. The standard InChI is InChI=1S/C38H47N5O7/c1-25(2)34(43-38(47)50-24-31-23-48-36(40-31)26(3)4)35(45)42-32(19-28-14-9-6-10-15-28)33(44)20-30(18-27-12-7-5-8-13-27)41-37(46)49-22-29-16-11-17-39-21-29/h5-17,21,23,25-26,30,32-34,44H,18-20,22,24H2,1-4H3,(H,41,46)(H,42,45)(H,43,47)/t30-,32-,33-,34-/m0/s1. The lowest BCUT2D eigenvalue weighted by molar-refractivity contribution is -0.125. The number of rotatable bonds is 17. The quantitative estimate of drug-likeness (QED) is 0.113. The van der Waals surface area contributed by atoms with Crippen LogP contribution in [0.25, 0.3) is 0 Å². The zero-order valence-electron chi connectivity index (χ0n) is 29.0. The Morgan fingerprint density at radius 2 is 1.40 bits per heavy atom. The Labute approximate surface area is 293 Å². The number of hydrogen-bond acceptors (Lipinski definition) is 9. The summed E-state index contributed by atoms with van der Waals surface area (Å²) in [6, 6.07) is 20.4. The summed E-state index contributed by atoms with van der Waals surface area (Å²) in [5.41, 5.74) is 3.04. The van der Waals surface area contributed by atoms with E-state index in [2.05, 4.69) is 25.9 Å². The van der Waals surface area contributed by atoms with Crippen molar-refractivity contribution in [2.45, 2.75) is 90.3 Å². The van der Waals surface area contributed by atoms with Crippen LogP contribution in [-0.4, -0.2) is 57.4 Å². The Kier molecular flexibility index (Phi) is 14.3. The Morgan fingerprint density at radius 1 is 0.780 bits per heavy atom. The third-order valence-electron chi connectivity index (χ3n) is 7.99. The topological polar surface area (TPSA) is 165 Å². The Bertz CT molecular complexity index is 1620. The van der Waals surface area contributed by atoms with Crippen molar-refractivity contribution in [3.63, 3.8) is 0 Å².